The highest BCUT2D eigenvalue weighted by molar-refractivity contribution is 6.33. The fourth-order valence-corrected chi connectivity index (χ4v) is 5.41. The fraction of sp³-hybridized carbons (Fsp3) is 0. The van der Waals surface area contributed by atoms with Crippen molar-refractivity contribution < 1.29 is 0 Å². The van der Waals surface area contributed by atoms with Gasteiger partial charge in [0.15, 0.2) is 0 Å². The van der Waals surface area contributed by atoms with Gasteiger partial charge in [-0.3, -0.25) is 0 Å². The Morgan fingerprint density at radius 3 is 1.53 bits per heavy atom. The van der Waals surface area contributed by atoms with Gasteiger partial charge in [-0.05, 0) is 77.5 Å². The van der Waals surface area contributed by atoms with Crippen molar-refractivity contribution in [1.29, 1.82) is 0 Å². The molecule has 0 heterocycles. The van der Waals surface area contributed by atoms with Gasteiger partial charge in [-0.1, -0.05) is 109 Å². The van der Waals surface area contributed by atoms with Gasteiger partial charge in [-0.15, -0.1) is 0 Å². The highest BCUT2D eigenvalue weighted by Gasteiger charge is 2.15. The van der Waals surface area contributed by atoms with Crippen LogP contribution in [-0.2, 0) is 0 Å². The first kappa shape index (κ1) is 17.5. The molecule has 0 fully saturated rings. The zero-order valence-electron chi connectivity index (χ0n) is 17.5. The van der Waals surface area contributed by atoms with Crippen LogP contribution >= 0.6 is 0 Å². The lowest BCUT2D eigenvalue weighted by molar-refractivity contribution is 1.60. The van der Waals surface area contributed by atoms with E-state index in [1.165, 1.54) is 65.3 Å². The molecule has 7 rings (SSSR count). The Kier molecular flexibility index (Phi) is 3.65. The van der Waals surface area contributed by atoms with Crippen LogP contribution in [0.2, 0.25) is 0 Å². The highest BCUT2D eigenvalue weighted by Crippen LogP contribution is 2.43. The second-order valence-corrected chi connectivity index (χ2v) is 8.55. The Morgan fingerprint density at radius 2 is 0.844 bits per heavy atom. The average Bonchev–Trinajstić information content (AvgIpc) is 2.87. The van der Waals surface area contributed by atoms with E-state index in [0.717, 1.165) is 0 Å². The van der Waals surface area contributed by atoms with Crippen molar-refractivity contribution in [2.75, 3.05) is 0 Å². The molecule has 0 aliphatic heterocycles. The normalized spacial score (nSPS) is 11.8. The van der Waals surface area contributed by atoms with Crippen molar-refractivity contribution in [3.05, 3.63) is 121 Å². The van der Waals surface area contributed by atoms with Crippen LogP contribution in [0.3, 0.4) is 0 Å². The zero-order valence-corrected chi connectivity index (χ0v) is 17.5. The monoisotopic (exact) mass is 404 g/mol. The summed E-state index contributed by atoms with van der Waals surface area (Å²) >= 11 is 0. The average molecular weight is 405 g/mol. The topological polar surface area (TPSA) is 0 Å². The first-order valence-electron chi connectivity index (χ1n) is 11.1. The third-order valence-corrected chi connectivity index (χ3v) is 6.78. The molecule has 0 radical (unpaired) electrons. The Balaban J connectivity index is 1.64. The maximum Gasteiger partial charge on any atom is -0.00259 e. The highest BCUT2D eigenvalue weighted by atomic mass is 14.2. The number of hydrogen-bond donors (Lipinski definition) is 0. The lowest BCUT2D eigenvalue weighted by atomic mass is 9.86. The van der Waals surface area contributed by atoms with Crippen molar-refractivity contribution in [2.24, 2.45) is 0 Å². The first-order valence-corrected chi connectivity index (χ1v) is 11.1. The van der Waals surface area contributed by atoms with Gasteiger partial charge in [0.1, 0.15) is 0 Å². The number of benzene rings is 7. The van der Waals surface area contributed by atoms with Gasteiger partial charge < -0.3 is 0 Å². The van der Waals surface area contributed by atoms with Crippen LogP contribution in [0.4, 0.5) is 0 Å². The summed E-state index contributed by atoms with van der Waals surface area (Å²) in [6.07, 6.45) is 0. The molecule has 0 saturated heterocycles. The molecule has 0 bridgehead atoms. The Morgan fingerprint density at radius 1 is 0.312 bits per heavy atom. The van der Waals surface area contributed by atoms with Crippen LogP contribution in [0.1, 0.15) is 0 Å². The minimum absolute atomic E-state index is 1.25. The number of fused-ring (bicyclic) bond motifs is 2. The summed E-state index contributed by atoms with van der Waals surface area (Å²) < 4.78 is 0. The zero-order chi connectivity index (χ0) is 21.1. The third-order valence-electron chi connectivity index (χ3n) is 6.78. The smallest absolute Gasteiger partial charge is 0.00259 e. The van der Waals surface area contributed by atoms with E-state index in [1.54, 1.807) is 0 Å². The molecule has 148 valence electrons. The van der Waals surface area contributed by atoms with E-state index < -0.39 is 0 Å². The predicted molar refractivity (Wildman–Crippen MR) is 139 cm³/mol. The Hall–Kier alpha value is -4.16. The molecule has 32 heavy (non-hydrogen) atoms. The van der Waals surface area contributed by atoms with Crippen molar-refractivity contribution in [3.63, 3.8) is 0 Å². The molecule has 0 nitrogen and oxygen atoms in total. The standard InChI is InChI=1S/C32H20/c1-2-9-21(10-3-1)25-14-4-5-15-26(25)24-19-23-13-8-17-28-27-16-6-11-22-12-7-18-29(31(22)27)30(20-24)32(23)28/h1-20H. The summed E-state index contributed by atoms with van der Waals surface area (Å²) in [7, 11) is 0. The molecule has 0 unspecified atom stereocenters. The van der Waals surface area contributed by atoms with Crippen LogP contribution in [0, 0.1) is 0 Å². The molecule has 0 atom stereocenters. The largest absolute Gasteiger partial charge is 0.0622 e. The minimum atomic E-state index is 1.25. The SMILES string of the molecule is c1ccc(-c2ccccc2-c2cc3cccc4c5cccc6cccc(c(c2)c34)c65)cc1. The summed E-state index contributed by atoms with van der Waals surface area (Å²) in [4.78, 5) is 0. The van der Waals surface area contributed by atoms with E-state index in [4.69, 9.17) is 0 Å². The molecule has 0 aliphatic rings. The third kappa shape index (κ3) is 2.44. The van der Waals surface area contributed by atoms with Gasteiger partial charge in [0.25, 0.3) is 0 Å². The Labute approximate surface area is 186 Å². The molecule has 0 saturated carbocycles. The first-order chi connectivity index (χ1) is 15.9. The van der Waals surface area contributed by atoms with Gasteiger partial charge in [0, 0.05) is 0 Å². The van der Waals surface area contributed by atoms with E-state index in [9.17, 15) is 0 Å². The van der Waals surface area contributed by atoms with E-state index in [2.05, 4.69) is 121 Å². The molecule has 0 N–H and O–H groups in total. The lowest BCUT2D eigenvalue weighted by Crippen LogP contribution is -1.89. The molecule has 7 aromatic carbocycles. The molecular formula is C32H20. The van der Waals surface area contributed by atoms with Crippen LogP contribution in [-0.4, -0.2) is 0 Å². The quantitative estimate of drug-likeness (QED) is 0.199. The number of hydrogen-bond acceptors (Lipinski definition) is 0. The van der Waals surface area contributed by atoms with Gasteiger partial charge in [0.05, 0.1) is 0 Å². The van der Waals surface area contributed by atoms with E-state index in [0.29, 0.717) is 0 Å². The molecular weight excluding hydrogens is 384 g/mol. The summed E-state index contributed by atoms with van der Waals surface area (Å²) in [5.41, 5.74) is 5.05. The van der Waals surface area contributed by atoms with E-state index in [-0.39, 0.29) is 0 Å². The molecule has 0 spiro atoms. The molecule has 7 aromatic rings. The molecule has 0 amide bonds. The summed E-state index contributed by atoms with van der Waals surface area (Å²) in [5.74, 6) is 0. The predicted octanol–water partition coefficient (Wildman–Crippen LogP) is 9.07. The Bertz CT molecular complexity index is 1750. The van der Waals surface area contributed by atoms with Gasteiger partial charge in [-0.25, -0.2) is 0 Å². The minimum Gasteiger partial charge on any atom is -0.0622 e. The van der Waals surface area contributed by atoms with Gasteiger partial charge in [-0.2, -0.15) is 0 Å². The summed E-state index contributed by atoms with van der Waals surface area (Å²) in [6.45, 7) is 0. The van der Waals surface area contributed by atoms with Gasteiger partial charge in [0.2, 0.25) is 0 Å². The van der Waals surface area contributed by atoms with Gasteiger partial charge >= 0.3 is 0 Å². The van der Waals surface area contributed by atoms with Crippen LogP contribution in [0.5, 0.6) is 0 Å². The summed E-state index contributed by atoms with van der Waals surface area (Å²) in [6, 6.07) is 44.3. The summed E-state index contributed by atoms with van der Waals surface area (Å²) in [5, 5.41) is 10.7. The van der Waals surface area contributed by atoms with Crippen LogP contribution in [0.15, 0.2) is 121 Å². The maximum atomic E-state index is 2.40. The van der Waals surface area contributed by atoms with Crippen molar-refractivity contribution >= 4 is 43.1 Å². The van der Waals surface area contributed by atoms with Crippen molar-refractivity contribution in [1.82, 2.24) is 0 Å². The second kappa shape index (κ2) is 6.67. The second-order valence-electron chi connectivity index (χ2n) is 8.55. The van der Waals surface area contributed by atoms with E-state index in [1.807, 2.05) is 0 Å². The lowest BCUT2D eigenvalue weighted by Gasteiger charge is -2.17. The molecule has 0 aromatic heterocycles. The fourth-order valence-electron chi connectivity index (χ4n) is 5.41. The maximum absolute atomic E-state index is 2.40. The molecule has 0 aliphatic carbocycles. The van der Waals surface area contributed by atoms with Crippen LogP contribution < -0.4 is 0 Å². The van der Waals surface area contributed by atoms with Crippen molar-refractivity contribution in [3.8, 4) is 22.3 Å². The molecule has 0 heteroatoms. The van der Waals surface area contributed by atoms with Crippen molar-refractivity contribution in [2.45, 2.75) is 0 Å². The van der Waals surface area contributed by atoms with Crippen LogP contribution in [0.25, 0.3) is 65.3 Å². The number of rotatable bonds is 2. The van der Waals surface area contributed by atoms with E-state index >= 15 is 0 Å².